The SMILES string of the molecule is CCNCC(=O)N1CCCC(CC)C1. The third-order valence-electron chi connectivity index (χ3n) is 2.98. The molecule has 3 heteroatoms. The fourth-order valence-corrected chi connectivity index (χ4v) is 1.97. The summed E-state index contributed by atoms with van der Waals surface area (Å²) in [5, 5.41) is 3.09. The van der Waals surface area contributed by atoms with Gasteiger partial charge in [-0.05, 0) is 25.3 Å². The van der Waals surface area contributed by atoms with Crippen LogP contribution in [0.3, 0.4) is 0 Å². The molecule has 0 bridgehead atoms. The largest absolute Gasteiger partial charge is 0.341 e. The number of nitrogens with one attached hydrogen (secondary N) is 1. The van der Waals surface area contributed by atoms with Crippen LogP contribution < -0.4 is 5.32 Å². The highest BCUT2D eigenvalue weighted by molar-refractivity contribution is 5.78. The molecule has 1 aliphatic heterocycles. The molecule has 0 aliphatic carbocycles. The van der Waals surface area contributed by atoms with E-state index in [2.05, 4.69) is 12.2 Å². The number of carbonyl (C=O) groups is 1. The van der Waals surface area contributed by atoms with Crippen LogP contribution in [0.5, 0.6) is 0 Å². The molecule has 1 heterocycles. The minimum absolute atomic E-state index is 0.269. The van der Waals surface area contributed by atoms with Crippen LogP contribution >= 0.6 is 0 Å². The molecule has 0 spiro atoms. The number of likely N-dealkylation sites (tertiary alicyclic amines) is 1. The Hall–Kier alpha value is -0.570. The van der Waals surface area contributed by atoms with E-state index in [1.54, 1.807) is 0 Å². The summed E-state index contributed by atoms with van der Waals surface area (Å²) in [5.74, 6) is 0.999. The Labute approximate surface area is 86.9 Å². The van der Waals surface area contributed by atoms with Gasteiger partial charge in [0.1, 0.15) is 0 Å². The van der Waals surface area contributed by atoms with Crippen LogP contribution in [0.25, 0.3) is 0 Å². The fourth-order valence-electron chi connectivity index (χ4n) is 1.97. The van der Waals surface area contributed by atoms with Gasteiger partial charge in [-0.15, -0.1) is 0 Å². The van der Waals surface area contributed by atoms with Gasteiger partial charge in [0.05, 0.1) is 6.54 Å². The number of likely N-dealkylation sites (N-methyl/N-ethyl adjacent to an activating group) is 1. The van der Waals surface area contributed by atoms with Crippen molar-refractivity contribution in [3.05, 3.63) is 0 Å². The molecule has 3 nitrogen and oxygen atoms in total. The van der Waals surface area contributed by atoms with Crippen molar-refractivity contribution >= 4 is 5.91 Å². The van der Waals surface area contributed by atoms with Gasteiger partial charge in [0.15, 0.2) is 0 Å². The molecule has 0 saturated carbocycles. The van der Waals surface area contributed by atoms with Crippen molar-refractivity contribution in [2.75, 3.05) is 26.2 Å². The van der Waals surface area contributed by atoms with Gasteiger partial charge in [0, 0.05) is 13.1 Å². The number of rotatable bonds is 4. The maximum atomic E-state index is 11.7. The molecule has 1 fully saturated rings. The number of piperidine rings is 1. The van der Waals surface area contributed by atoms with Crippen molar-refractivity contribution in [2.45, 2.75) is 33.1 Å². The maximum Gasteiger partial charge on any atom is 0.236 e. The van der Waals surface area contributed by atoms with E-state index in [1.807, 2.05) is 11.8 Å². The summed E-state index contributed by atoms with van der Waals surface area (Å²) in [6, 6.07) is 0. The molecule has 1 aliphatic rings. The Kier molecular flexibility index (Phi) is 4.94. The van der Waals surface area contributed by atoms with Crippen molar-refractivity contribution in [1.82, 2.24) is 10.2 Å². The van der Waals surface area contributed by atoms with Crippen LogP contribution in [0.4, 0.5) is 0 Å². The first kappa shape index (κ1) is 11.5. The predicted octanol–water partition coefficient (Wildman–Crippen LogP) is 1.24. The molecular weight excluding hydrogens is 176 g/mol. The topological polar surface area (TPSA) is 32.3 Å². The lowest BCUT2D eigenvalue weighted by atomic mass is 9.96. The molecule has 1 amide bonds. The molecule has 1 N–H and O–H groups in total. The first-order valence-electron chi connectivity index (χ1n) is 5.76. The van der Waals surface area contributed by atoms with E-state index >= 15 is 0 Å². The molecule has 1 saturated heterocycles. The zero-order valence-corrected chi connectivity index (χ0v) is 9.38. The fraction of sp³-hybridized carbons (Fsp3) is 0.909. The van der Waals surface area contributed by atoms with Gasteiger partial charge in [-0.25, -0.2) is 0 Å². The number of nitrogens with zero attached hydrogens (tertiary/aromatic N) is 1. The summed E-state index contributed by atoms with van der Waals surface area (Å²) in [7, 11) is 0. The van der Waals surface area contributed by atoms with E-state index in [0.29, 0.717) is 6.54 Å². The van der Waals surface area contributed by atoms with Crippen molar-refractivity contribution in [1.29, 1.82) is 0 Å². The predicted molar refractivity (Wildman–Crippen MR) is 58.1 cm³/mol. The van der Waals surface area contributed by atoms with Crippen LogP contribution in [0.2, 0.25) is 0 Å². The van der Waals surface area contributed by atoms with Crippen molar-refractivity contribution in [3.63, 3.8) is 0 Å². The molecule has 14 heavy (non-hydrogen) atoms. The highest BCUT2D eigenvalue weighted by atomic mass is 16.2. The van der Waals surface area contributed by atoms with Crippen LogP contribution in [0.15, 0.2) is 0 Å². The lowest BCUT2D eigenvalue weighted by Crippen LogP contribution is -2.43. The molecule has 0 aromatic rings. The minimum atomic E-state index is 0.269. The van der Waals surface area contributed by atoms with Gasteiger partial charge < -0.3 is 10.2 Å². The molecule has 0 aromatic carbocycles. The number of carbonyl (C=O) groups excluding carboxylic acids is 1. The van der Waals surface area contributed by atoms with Crippen molar-refractivity contribution in [2.24, 2.45) is 5.92 Å². The Bertz CT molecular complexity index is 182. The summed E-state index contributed by atoms with van der Waals surface area (Å²) in [4.78, 5) is 13.7. The molecule has 82 valence electrons. The average Bonchev–Trinajstić information content (AvgIpc) is 2.26. The zero-order chi connectivity index (χ0) is 10.4. The van der Waals surface area contributed by atoms with E-state index in [9.17, 15) is 4.79 Å². The molecular formula is C11H22N2O. The van der Waals surface area contributed by atoms with E-state index < -0.39 is 0 Å². The lowest BCUT2D eigenvalue weighted by Gasteiger charge is -2.32. The number of hydrogen-bond donors (Lipinski definition) is 1. The summed E-state index contributed by atoms with van der Waals surface area (Å²) >= 11 is 0. The van der Waals surface area contributed by atoms with Gasteiger partial charge in [-0.3, -0.25) is 4.79 Å². The average molecular weight is 198 g/mol. The van der Waals surface area contributed by atoms with E-state index in [-0.39, 0.29) is 5.91 Å². The van der Waals surface area contributed by atoms with Gasteiger partial charge in [0.25, 0.3) is 0 Å². The lowest BCUT2D eigenvalue weighted by molar-refractivity contribution is -0.132. The second-order valence-corrected chi connectivity index (χ2v) is 4.04. The zero-order valence-electron chi connectivity index (χ0n) is 9.38. The van der Waals surface area contributed by atoms with Gasteiger partial charge in [-0.1, -0.05) is 20.3 Å². The van der Waals surface area contributed by atoms with Crippen LogP contribution in [0, 0.1) is 5.92 Å². The molecule has 1 atom stereocenters. The quantitative estimate of drug-likeness (QED) is 0.737. The number of hydrogen-bond acceptors (Lipinski definition) is 2. The number of amides is 1. The maximum absolute atomic E-state index is 11.7. The Balaban J connectivity index is 2.31. The van der Waals surface area contributed by atoms with Gasteiger partial charge >= 0.3 is 0 Å². The molecule has 1 unspecified atom stereocenters. The normalized spacial score (nSPS) is 22.4. The highest BCUT2D eigenvalue weighted by Gasteiger charge is 2.21. The molecule has 0 aromatic heterocycles. The van der Waals surface area contributed by atoms with Gasteiger partial charge in [-0.2, -0.15) is 0 Å². The second-order valence-electron chi connectivity index (χ2n) is 4.04. The summed E-state index contributed by atoms with van der Waals surface area (Å²) < 4.78 is 0. The first-order chi connectivity index (χ1) is 6.77. The summed E-state index contributed by atoms with van der Waals surface area (Å²) in [6.07, 6.45) is 3.67. The Morgan fingerprint density at radius 3 is 2.93 bits per heavy atom. The smallest absolute Gasteiger partial charge is 0.236 e. The summed E-state index contributed by atoms with van der Waals surface area (Å²) in [5.41, 5.74) is 0. The van der Waals surface area contributed by atoms with Crippen molar-refractivity contribution < 1.29 is 4.79 Å². The third-order valence-corrected chi connectivity index (χ3v) is 2.98. The molecule has 0 radical (unpaired) electrons. The van der Waals surface area contributed by atoms with Crippen LogP contribution in [0.1, 0.15) is 33.1 Å². The van der Waals surface area contributed by atoms with Crippen LogP contribution in [-0.2, 0) is 4.79 Å². The van der Waals surface area contributed by atoms with E-state index in [1.165, 1.54) is 19.3 Å². The highest BCUT2D eigenvalue weighted by Crippen LogP contribution is 2.18. The van der Waals surface area contributed by atoms with E-state index in [0.717, 1.165) is 25.6 Å². The monoisotopic (exact) mass is 198 g/mol. The second kappa shape index (κ2) is 6.02. The Morgan fingerprint density at radius 1 is 1.50 bits per heavy atom. The minimum Gasteiger partial charge on any atom is -0.341 e. The van der Waals surface area contributed by atoms with Gasteiger partial charge in [0.2, 0.25) is 5.91 Å². The van der Waals surface area contributed by atoms with Crippen molar-refractivity contribution in [3.8, 4) is 0 Å². The standard InChI is InChI=1S/C11H22N2O/c1-3-10-6-5-7-13(9-10)11(14)8-12-4-2/h10,12H,3-9H2,1-2H3. The summed E-state index contributed by atoms with van der Waals surface area (Å²) in [6.45, 7) is 7.55. The first-order valence-corrected chi connectivity index (χ1v) is 5.76. The van der Waals surface area contributed by atoms with E-state index in [4.69, 9.17) is 0 Å². The van der Waals surface area contributed by atoms with Crippen LogP contribution in [-0.4, -0.2) is 37.0 Å². The third kappa shape index (κ3) is 3.29. The Morgan fingerprint density at radius 2 is 2.29 bits per heavy atom. The molecule has 1 rings (SSSR count).